The van der Waals surface area contributed by atoms with Gasteiger partial charge >= 0.3 is 0 Å². The molecule has 2 fully saturated rings. The van der Waals surface area contributed by atoms with Crippen molar-refractivity contribution in [1.29, 1.82) is 0 Å². The lowest BCUT2D eigenvalue weighted by Crippen LogP contribution is -2.46. The highest BCUT2D eigenvalue weighted by atomic mass is 16.5. The fraction of sp³-hybridized carbons (Fsp3) is 0.812. The van der Waals surface area contributed by atoms with Gasteiger partial charge in [-0.2, -0.15) is 0 Å². The molecule has 0 radical (unpaired) electrons. The first-order valence-corrected chi connectivity index (χ1v) is 8.41. The third-order valence-electron chi connectivity index (χ3n) is 4.71. The van der Waals surface area contributed by atoms with Crippen LogP contribution in [0.4, 0.5) is 0 Å². The van der Waals surface area contributed by atoms with Gasteiger partial charge < -0.3 is 24.5 Å². The largest absolute Gasteiger partial charge is 0.389 e. The molecule has 2 heterocycles. The van der Waals surface area contributed by atoms with Crippen molar-refractivity contribution >= 4 is 17.7 Å². The lowest BCUT2D eigenvalue weighted by Gasteiger charge is -2.33. The van der Waals surface area contributed by atoms with Gasteiger partial charge in [-0.3, -0.25) is 14.4 Å². The zero-order valence-electron chi connectivity index (χ0n) is 14.4. The molecule has 0 aromatic carbocycles. The van der Waals surface area contributed by atoms with Crippen molar-refractivity contribution in [2.75, 3.05) is 53.0 Å². The number of methoxy groups -OCH3 is 1. The monoisotopic (exact) mass is 341 g/mol. The van der Waals surface area contributed by atoms with Gasteiger partial charge in [-0.25, -0.2) is 0 Å². The number of nitrogens with zero attached hydrogens (tertiary/aromatic N) is 3. The molecule has 136 valence electrons. The van der Waals surface area contributed by atoms with E-state index in [9.17, 15) is 19.5 Å². The third kappa shape index (κ3) is 4.67. The number of rotatable bonds is 4. The highest BCUT2D eigenvalue weighted by Crippen LogP contribution is 2.21. The van der Waals surface area contributed by atoms with Gasteiger partial charge in [0.25, 0.3) is 0 Å². The second-order valence-electron chi connectivity index (χ2n) is 6.49. The minimum Gasteiger partial charge on any atom is -0.389 e. The highest BCUT2D eigenvalue weighted by molar-refractivity contribution is 5.86. The Hall–Kier alpha value is -1.67. The van der Waals surface area contributed by atoms with E-state index < -0.39 is 6.10 Å². The number of carbonyl (C=O) groups excluding carboxylic acids is 3. The number of amides is 3. The van der Waals surface area contributed by atoms with Crippen LogP contribution in [0.5, 0.6) is 0 Å². The van der Waals surface area contributed by atoms with Crippen LogP contribution in [0.25, 0.3) is 0 Å². The quantitative estimate of drug-likeness (QED) is 0.703. The number of hydrogen-bond donors (Lipinski definition) is 1. The summed E-state index contributed by atoms with van der Waals surface area (Å²) >= 11 is 0. The molecular formula is C16H27N3O5. The predicted octanol–water partition coefficient (Wildman–Crippen LogP) is -1.08. The maximum absolute atomic E-state index is 12.7. The molecule has 1 unspecified atom stereocenters. The molecule has 1 N–H and O–H groups in total. The highest BCUT2D eigenvalue weighted by Gasteiger charge is 2.34. The molecule has 8 heteroatoms. The molecule has 0 spiro atoms. The van der Waals surface area contributed by atoms with E-state index in [0.29, 0.717) is 39.1 Å². The summed E-state index contributed by atoms with van der Waals surface area (Å²) in [6.07, 6.45) is 0.452. The Labute approximate surface area is 142 Å². The molecule has 1 atom stereocenters. The van der Waals surface area contributed by atoms with Crippen LogP contribution in [0.2, 0.25) is 0 Å². The molecule has 2 saturated heterocycles. The van der Waals surface area contributed by atoms with Gasteiger partial charge in [0.05, 0.1) is 19.3 Å². The molecule has 24 heavy (non-hydrogen) atoms. The molecule has 0 bridgehead atoms. The molecule has 2 aliphatic rings. The lowest BCUT2D eigenvalue weighted by molar-refractivity contribution is -0.143. The number of likely N-dealkylation sites (tertiary alicyclic amines) is 1. The lowest BCUT2D eigenvalue weighted by atomic mass is 9.95. The summed E-state index contributed by atoms with van der Waals surface area (Å²) < 4.78 is 4.98. The van der Waals surface area contributed by atoms with Gasteiger partial charge in [-0.15, -0.1) is 0 Å². The van der Waals surface area contributed by atoms with Gasteiger partial charge in [0.1, 0.15) is 0 Å². The molecule has 0 aromatic rings. The summed E-state index contributed by atoms with van der Waals surface area (Å²) in [7, 11) is 1.56. The molecule has 3 amide bonds. The van der Waals surface area contributed by atoms with E-state index >= 15 is 0 Å². The van der Waals surface area contributed by atoms with Crippen molar-refractivity contribution in [1.82, 2.24) is 14.7 Å². The summed E-state index contributed by atoms with van der Waals surface area (Å²) in [4.78, 5) is 41.1. The number of hydrogen-bond acceptors (Lipinski definition) is 5. The van der Waals surface area contributed by atoms with E-state index in [4.69, 9.17) is 4.74 Å². The Kier molecular flexibility index (Phi) is 6.56. The van der Waals surface area contributed by atoms with E-state index in [2.05, 4.69) is 0 Å². The van der Waals surface area contributed by atoms with Crippen LogP contribution in [0, 0.1) is 5.92 Å². The van der Waals surface area contributed by atoms with Gasteiger partial charge in [0, 0.05) is 52.7 Å². The summed E-state index contributed by atoms with van der Waals surface area (Å²) in [5, 5.41) is 10.1. The van der Waals surface area contributed by atoms with Crippen LogP contribution < -0.4 is 0 Å². The molecule has 0 saturated carbocycles. The number of piperidine rings is 1. The zero-order valence-corrected chi connectivity index (χ0v) is 14.4. The van der Waals surface area contributed by atoms with Gasteiger partial charge in [0.2, 0.25) is 17.7 Å². The van der Waals surface area contributed by atoms with Crippen LogP contribution in [-0.2, 0) is 19.1 Å². The number of aliphatic hydroxyl groups excluding tert-OH is 1. The fourth-order valence-electron chi connectivity index (χ4n) is 3.28. The van der Waals surface area contributed by atoms with Crippen molar-refractivity contribution in [2.45, 2.75) is 25.9 Å². The van der Waals surface area contributed by atoms with E-state index in [1.54, 1.807) is 16.9 Å². The van der Waals surface area contributed by atoms with E-state index in [1.807, 2.05) is 0 Å². The fourth-order valence-corrected chi connectivity index (χ4v) is 3.28. The van der Waals surface area contributed by atoms with E-state index in [1.165, 1.54) is 11.8 Å². The van der Waals surface area contributed by atoms with Gasteiger partial charge in [-0.05, 0) is 12.8 Å². The molecule has 8 nitrogen and oxygen atoms in total. The van der Waals surface area contributed by atoms with Crippen LogP contribution in [-0.4, -0.2) is 96.6 Å². The van der Waals surface area contributed by atoms with Crippen molar-refractivity contribution in [3.8, 4) is 0 Å². The second-order valence-corrected chi connectivity index (χ2v) is 6.49. The van der Waals surface area contributed by atoms with Gasteiger partial charge in [0.15, 0.2) is 0 Å². The minimum atomic E-state index is -0.755. The smallest absolute Gasteiger partial charge is 0.242 e. The van der Waals surface area contributed by atoms with Crippen LogP contribution in [0.1, 0.15) is 19.8 Å². The Morgan fingerprint density at radius 1 is 1.21 bits per heavy atom. The van der Waals surface area contributed by atoms with Crippen LogP contribution in [0.3, 0.4) is 0 Å². The first-order valence-electron chi connectivity index (χ1n) is 8.41. The average Bonchev–Trinajstić information content (AvgIpc) is 2.70. The zero-order chi connectivity index (χ0) is 17.7. The Morgan fingerprint density at radius 2 is 1.88 bits per heavy atom. The number of ether oxygens (including phenoxy) is 1. The normalized spacial score (nSPS) is 23.4. The van der Waals surface area contributed by atoms with Crippen molar-refractivity contribution < 1.29 is 24.2 Å². The standard InChI is InChI=1S/C16H27N3O5/c1-12(20)17-5-3-13(4-6-17)16(23)19-10-14(21)9-18(7-8-24-2)15(22)11-19/h13-14,21H,3-11H2,1-2H3. The maximum Gasteiger partial charge on any atom is 0.242 e. The molecule has 0 aliphatic carbocycles. The Bertz CT molecular complexity index is 476. The maximum atomic E-state index is 12.7. The van der Waals surface area contributed by atoms with E-state index in [-0.39, 0.29) is 43.3 Å². The SMILES string of the molecule is COCCN1CC(O)CN(C(=O)C2CCN(C(C)=O)CC2)CC1=O. The Morgan fingerprint density at radius 3 is 2.46 bits per heavy atom. The molecule has 0 aromatic heterocycles. The Balaban J connectivity index is 1.94. The minimum absolute atomic E-state index is 0.00741. The van der Waals surface area contributed by atoms with Crippen molar-refractivity contribution in [3.05, 3.63) is 0 Å². The first kappa shape index (κ1) is 18.7. The van der Waals surface area contributed by atoms with Gasteiger partial charge in [-0.1, -0.05) is 0 Å². The molecule has 2 rings (SSSR count). The summed E-state index contributed by atoms with van der Waals surface area (Å²) in [5.41, 5.74) is 0. The number of β-amino-alcohol motifs (C(OH)–C–C–N with tert-alkyl or cyclic N) is 1. The second kappa shape index (κ2) is 8.43. The summed E-state index contributed by atoms with van der Waals surface area (Å²) in [6.45, 7) is 3.84. The number of carbonyl (C=O) groups is 3. The van der Waals surface area contributed by atoms with Crippen LogP contribution in [0.15, 0.2) is 0 Å². The topological polar surface area (TPSA) is 90.4 Å². The van der Waals surface area contributed by atoms with Crippen molar-refractivity contribution in [3.63, 3.8) is 0 Å². The summed E-state index contributed by atoms with van der Waals surface area (Å²) in [6, 6.07) is 0. The predicted molar refractivity (Wildman–Crippen MR) is 86.0 cm³/mol. The van der Waals surface area contributed by atoms with E-state index in [0.717, 1.165) is 0 Å². The summed E-state index contributed by atoms with van der Waals surface area (Å²) in [5.74, 6) is -0.432. The first-order chi connectivity index (χ1) is 11.4. The van der Waals surface area contributed by atoms with Crippen molar-refractivity contribution in [2.24, 2.45) is 5.92 Å². The number of aliphatic hydroxyl groups is 1. The molecule has 2 aliphatic heterocycles. The molecular weight excluding hydrogens is 314 g/mol. The third-order valence-corrected chi connectivity index (χ3v) is 4.71. The average molecular weight is 341 g/mol. The van der Waals surface area contributed by atoms with Crippen LogP contribution >= 0.6 is 0 Å².